The summed E-state index contributed by atoms with van der Waals surface area (Å²) < 4.78 is 38.0. The van der Waals surface area contributed by atoms with Crippen LogP contribution in [-0.2, 0) is 11.0 Å². The number of carbonyl (C=O) groups excluding carboxylic acids is 1. The first-order valence-corrected chi connectivity index (χ1v) is 9.09. The van der Waals surface area contributed by atoms with E-state index < -0.39 is 23.8 Å². The lowest BCUT2D eigenvalue weighted by molar-refractivity contribution is -0.137. The van der Waals surface area contributed by atoms with Crippen molar-refractivity contribution in [2.24, 2.45) is 0 Å². The standard InChI is InChI=1S/C23H20F3NO2/c24-23(25,26)19-13-11-16(12-14-19)20(28)15-27-22(29)21(17-7-3-1-4-8-17)18-9-5-2-6-10-18/h1-14,20-21,28H,15H2,(H,27,29). The summed E-state index contributed by atoms with van der Waals surface area (Å²) in [5.74, 6) is -0.856. The normalized spacial score (nSPS) is 12.6. The maximum atomic E-state index is 12.9. The lowest BCUT2D eigenvalue weighted by Gasteiger charge is -2.19. The quantitative estimate of drug-likeness (QED) is 0.632. The fourth-order valence-electron chi connectivity index (χ4n) is 3.10. The van der Waals surface area contributed by atoms with Crippen molar-refractivity contribution in [3.05, 3.63) is 107 Å². The van der Waals surface area contributed by atoms with E-state index in [0.717, 1.165) is 23.3 Å². The molecule has 0 aromatic heterocycles. The van der Waals surface area contributed by atoms with Crippen molar-refractivity contribution >= 4 is 5.91 Å². The minimum absolute atomic E-state index is 0.111. The second-order valence-corrected chi connectivity index (χ2v) is 6.64. The summed E-state index contributed by atoms with van der Waals surface area (Å²) in [5, 5.41) is 13.0. The first-order valence-electron chi connectivity index (χ1n) is 9.09. The highest BCUT2D eigenvalue weighted by atomic mass is 19.4. The van der Waals surface area contributed by atoms with Crippen LogP contribution in [0.4, 0.5) is 13.2 Å². The molecular weight excluding hydrogens is 379 g/mol. The van der Waals surface area contributed by atoms with Crippen LogP contribution in [0.5, 0.6) is 0 Å². The molecule has 3 rings (SSSR count). The number of halogens is 3. The van der Waals surface area contributed by atoms with E-state index in [1.807, 2.05) is 60.7 Å². The lowest BCUT2D eigenvalue weighted by Crippen LogP contribution is -2.33. The average molecular weight is 399 g/mol. The summed E-state index contributed by atoms with van der Waals surface area (Å²) in [6, 6.07) is 22.7. The van der Waals surface area contributed by atoms with Gasteiger partial charge in [-0.05, 0) is 28.8 Å². The van der Waals surface area contributed by atoms with Crippen LogP contribution in [0, 0.1) is 0 Å². The fourth-order valence-corrected chi connectivity index (χ4v) is 3.10. The molecule has 0 spiro atoms. The molecule has 0 saturated heterocycles. The molecule has 0 fully saturated rings. The van der Waals surface area contributed by atoms with Gasteiger partial charge in [0.15, 0.2) is 0 Å². The van der Waals surface area contributed by atoms with Gasteiger partial charge >= 0.3 is 6.18 Å². The van der Waals surface area contributed by atoms with E-state index in [9.17, 15) is 23.1 Å². The molecule has 0 aliphatic rings. The zero-order chi connectivity index (χ0) is 20.9. The third kappa shape index (κ3) is 5.23. The Labute approximate surface area is 166 Å². The van der Waals surface area contributed by atoms with Crippen molar-refractivity contribution in [1.82, 2.24) is 5.32 Å². The fraction of sp³-hybridized carbons (Fsp3) is 0.174. The third-order valence-electron chi connectivity index (χ3n) is 4.62. The molecule has 6 heteroatoms. The van der Waals surface area contributed by atoms with E-state index in [-0.39, 0.29) is 12.5 Å². The second kappa shape index (κ2) is 8.92. The summed E-state index contributed by atoms with van der Waals surface area (Å²) in [6.07, 6.45) is -5.55. The van der Waals surface area contributed by atoms with Gasteiger partial charge in [-0.25, -0.2) is 0 Å². The van der Waals surface area contributed by atoms with Gasteiger partial charge in [-0.2, -0.15) is 13.2 Å². The Bertz CT molecular complexity index is 886. The molecule has 3 aromatic rings. The highest BCUT2D eigenvalue weighted by Gasteiger charge is 2.30. The molecule has 1 amide bonds. The minimum atomic E-state index is -4.43. The average Bonchev–Trinajstić information content (AvgIpc) is 2.73. The Morgan fingerprint density at radius 1 is 0.793 bits per heavy atom. The molecule has 2 N–H and O–H groups in total. The number of aliphatic hydroxyl groups excluding tert-OH is 1. The van der Waals surface area contributed by atoms with Gasteiger partial charge in [0.1, 0.15) is 0 Å². The second-order valence-electron chi connectivity index (χ2n) is 6.64. The molecule has 150 valence electrons. The van der Waals surface area contributed by atoms with E-state index >= 15 is 0 Å². The van der Waals surface area contributed by atoms with Crippen molar-refractivity contribution in [2.75, 3.05) is 6.54 Å². The highest BCUT2D eigenvalue weighted by molar-refractivity contribution is 5.87. The van der Waals surface area contributed by atoms with E-state index in [1.165, 1.54) is 12.1 Å². The summed E-state index contributed by atoms with van der Waals surface area (Å²) in [4.78, 5) is 12.9. The van der Waals surface area contributed by atoms with Crippen LogP contribution in [-0.4, -0.2) is 17.6 Å². The Balaban J connectivity index is 1.72. The third-order valence-corrected chi connectivity index (χ3v) is 4.62. The van der Waals surface area contributed by atoms with Crippen molar-refractivity contribution in [3.8, 4) is 0 Å². The van der Waals surface area contributed by atoms with Crippen molar-refractivity contribution in [1.29, 1.82) is 0 Å². The summed E-state index contributed by atoms with van der Waals surface area (Å²) in [6.45, 7) is -0.111. The van der Waals surface area contributed by atoms with Gasteiger partial charge in [-0.3, -0.25) is 4.79 Å². The zero-order valence-electron chi connectivity index (χ0n) is 15.4. The van der Waals surface area contributed by atoms with Crippen molar-refractivity contribution in [3.63, 3.8) is 0 Å². The largest absolute Gasteiger partial charge is 0.416 e. The number of nitrogens with one attached hydrogen (secondary N) is 1. The van der Waals surface area contributed by atoms with Gasteiger partial charge in [0.25, 0.3) is 0 Å². The molecule has 0 bridgehead atoms. The predicted octanol–water partition coefficient (Wildman–Crippen LogP) is 4.69. The number of rotatable bonds is 6. The smallest absolute Gasteiger partial charge is 0.387 e. The molecule has 0 saturated carbocycles. The van der Waals surface area contributed by atoms with Crippen molar-refractivity contribution in [2.45, 2.75) is 18.2 Å². The maximum absolute atomic E-state index is 12.9. The molecule has 0 aliphatic carbocycles. The number of amides is 1. The van der Waals surface area contributed by atoms with Gasteiger partial charge in [-0.1, -0.05) is 72.8 Å². The Morgan fingerprint density at radius 3 is 1.72 bits per heavy atom. The maximum Gasteiger partial charge on any atom is 0.416 e. The number of benzene rings is 3. The van der Waals surface area contributed by atoms with Crippen LogP contribution in [0.25, 0.3) is 0 Å². The highest BCUT2D eigenvalue weighted by Crippen LogP contribution is 2.30. The van der Waals surface area contributed by atoms with Crippen LogP contribution in [0.3, 0.4) is 0 Å². The van der Waals surface area contributed by atoms with Gasteiger partial charge < -0.3 is 10.4 Å². The predicted molar refractivity (Wildman–Crippen MR) is 104 cm³/mol. The first kappa shape index (κ1) is 20.6. The van der Waals surface area contributed by atoms with Crippen molar-refractivity contribution < 1.29 is 23.1 Å². The van der Waals surface area contributed by atoms with E-state index in [2.05, 4.69) is 5.32 Å². The van der Waals surface area contributed by atoms with Crippen LogP contribution >= 0.6 is 0 Å². The Hall–Kier alpha value is -3.12. The van der Waals surface area contributed by atoms with Gasteiger partial charge in [0, 0.05) is 6.54 Å². The molecule has 3 aromatic carbocycles. The number of hydrogen-bond donors (Lipinski definition) is 2. The lowest BCUT2D eigenvalue weighted by atomic mass is 9.90. The molecule has 29 heavy (non-hydrogen) atoms. The SMILES string of the molecule is O=C(NCC(O)c1ccc(C(F)(F)F)cc1)C(c1ccccc1)c1ccccc1. The van der Waals surface area contributed by atoms with Crippen LogP contribution < -0.4 is 5.32 Å². The van der Waals surface area contributed by atoms with Gasteiger partial charge in [0.05, 0.1) is 17.6 Å². The number of carbonyl (C=O) groups is 1. The Kier molecular flexibility index (Phi) is 6.34. The molecule has 1 unspecified atom stereocenters. The van der Waals surface area contributed by atoms with Gasteiger partial charge in [0.2, 0.25) is 5.91 Å². The van der Waals surface area contributed by atoms with Crippen LogP contribution in [0.15, 0.2) is 84.9 Å². The van der Waals surface area contributed by atoms with Gasteiger partial charge in [-0.15, -0.1) is 0 Å². The number of hydrogen-bond acceptors (Lipinski definition) is 2. The van der Waals surface area contributed by atoms with E-state index in [1.54, 1.807) is 0 Å². The van der Waals surface area contributed by atoms with Crippen LogP contribution in [0.1, 0.15) is 34.3 Å². The summed E-state index contributed by atoms with van der Waals surface area (Å²) in [7, 11) is 0. The number of aliphatic hydroxyl groups is 1. The van der Waals surface area contributed by atoms with E-state index in [0.29, 0.717) is 5.56 Å². The number of alkyl halides is 3. The summed E-state index contributed by atoms with van der Waals surface area (Å²) >= 11 is 0. The zero-order valence-corrected chi connectivity index (χ0v) is 15.4. The summed E-state index contributed by atoms with van der Waals surface area (Å²) in [5.41, 5.74) is 1.13. The molecule has 0 radical (unpaired) electrons. The molecule has 3 nitrogen and oxygen atoms in total. The molecule has 1 atom stereocenters. The monoisotopic (exact) mass is 399 g/mol. The topological polar surface area (TPSA) is 49.3 Å². The molecular formula is C23H20F3NO2. The van der Waals surface area contributed by atoms with E-state index in [4.69, 9.17) is 0 Å². The van der Waals surface area contributed by atoms with Crippen LogP contribution in [0.2, 0.25) is 0 Å². The minimum Gasteiger partial charge on any atom is -0.387 e. The molecule has 0 aliphatic heterocycles. The molecule has 0 heterocycles. The first-order chi connectivity index (χ1) is 13.9. The Morgan fingerprint density at radius 2 is 1.28 bits per heavy atom.